The third kappa shape index (κ3) is 2.78. The van der Waals surface area contributed by atoms with Gasteiger partial charge in [-0.2, -0.15) is 4.98 Å². The van der Waals surface area contributed by atoms with Crippen molar-refractivity contribution in [1.29, 1.82) is 0 Å². The first kappa shape index (κ1) is 14.9. The number of hydrogen-bond acceptors (Lipinski definition) is 5. The Morgan fingerprint density at radius 1 is 1.00 bits per heavy atom. The van der Waals surface area contributed by atoms with Gasteiger partial charge in [0.25, 0.3) is 0 Å². The Bertz CT molecular complexity index is 846. The molecule has 0 amide bonds. The van der Waals surface area contributed by atoms with Gasteiger partial charge in [-0.15, -0.1) is 0 Å². The summed E-state index contributed by atoms with van der Waals surface area (Å²) in [6.07, 6.45) is 0. The second kappa shape index (κ2) is 6.45. The maximum Gasteiger partial charge on any atom is 0.215 e. The summed E-state index contributed by atoms with van der Waals surface area (Å²) in [5.74, 6) is 1.54. The molecule has 3 aromatic rings. The topological polar surface area (TPSA) is 47.5 Å². The fourth-order valence-electron chi connectivity index (χ4n) is 2.98. The molecule has 0 saturated carbocycles. The fourth-order valence-corrected chi connectivity index (χ4v) is 2.98. The molecule has 1 saturated heterocycles. The molecule has 0 aliphatic carbocycles. The number of ether oxygens (including phenoxy) is 2. The Balaban J connectivity index is 1.90. The highest BCUT2D eigenvalue weighted by Crippen LogP contribution is 2.32. The van der Waals surface area contributed by atoms with Crippen molar-refractivity contribution in [2.24, 2.45) is 0 Å². The van der Waals surface area contributed by atoms with E-state index in [2.05, 4.69) is 40.2 Å². The van der Waals surface area contributed by atoms with Crippen molar-refractivity contribution in [3.8, 4) is 17.0 Å². The molecule has 0 radical (unpaired) electrons. The predicted octanol–water partition coefficient (Wildman–Crippen LogP) is 3.14. The highest BCUT2D eigenvalue weighted by molar-refractivity contribution is 5.88. The summed E-state index contributed by atoms with van der Waals surface area (Å²) < 4.78 is 10.7. The normalized spacial score (nSPS) is 14.8. The number of fused-ring (bicyclic) bond motifs is 1. The van der Waals surface area contributed by atoms with Gasteiger partial charge in [-0.3, -0.25) is 0 Å². The molecule has 1 aromatic carbocycles. The molecule has 3 heterocycles. The summed E-state index contributed by atoms with van der Waals surface area (Å²) in [7, 11) is 1.62. The van der Waals surface area contributed by atoms with Crippen LogP contribution in [0, 0.1) is 0 Å². The predicted molar refractivity (Wildman–Crippen MR) is 94.6 cm³/mol. The molecular weight excluding hydrogens is 302 g/mol. The van der Waals surface area contributed by atoms with Crippen LogP contribution in [0.1, 0.15) is 0 Å². The van der Waals surface area contributed by atoms with E-state index in [9.17, 15) is 0 Å². The first-order chi connectivity index (χ1) is 11.8. The minimum absolute atomic E-state index is 0.579. The van der Waals surface area contributed by atoms with Crippen molar-refractivity contribution >= 4 is 16.9 Å². The van der Waals surface area contributed by atoms with Crippen LogP contribution >= 0.6 is 0 Å². The van der Waals surface area contributed by atoms with Crippen LogP contribution in [-0.2, 0) is 4.74 Å². The van der Waals surface area contributed by atoms with Gasteiger partial charge in [0.15, 0.2) is 5.65 Å². The number of rotatable bonds is 3. The molecule has 4 rings (SSSR count). The summed E-state index contributed by atoms with van der Waals surface area (Å²) >= 11 is 0. The van der Waals surface area contributed by atoms with Gasteiger partial charge in [-0.1, -0.05) is 30.3 Å². The zero-order valence-electron chi connectivity index (χ0n) is 13.6. The van der Waals surface area contributed by atoms with Gasteiger partial charge < -0.3 is 14.4 Å². The van der Waals surface area contributed by atoms with E-state index < -0.39 is 0 Å². The number of nitrogens with zero attached hydrogens (tertiary/aromatic N) is 3. The molecule has 0 unspecified atom stereocenters. The van der Waals surface area contributed by atoms with Crippen LogP contribution in [0.25, 0.3) is 22.2 Å². The summed E-state index contributed by atoms with van der Waals surface area (Å²) in [4.78, 5) is 11.6. The van der Waals surface area contributed by atoms with E-state index in [0.29, 0.717) is 11.5 Å². The van der Waals surface area contributed by atoms with E-state index in [-0.39, 0.29) is 0 Å². The lowest BCUT2D eigenvalue weighted by Gasteiger charge is -2.29. The van der Waals surface area contributed by atoms with Gasteiger partial charge in [0.05, 0.1) is 20.3 Å². The Kier molecular flexibility index (Phi) is 4.01. The first-order valence-corrected chi connectivity index (χ1v) is 8.09. The van der Waals surface area contributed by atoms with Crippen LogP contribution in [0.15, 0.2) is 48.5 Å². The van der Waals surface area contributed by atoms with E-state index >= 15 is 0 Å². The molecule has 1 fully saturated rings. The Labute approximate surface area is 140 Å². The lowest BCUT2D eigenvalue weighted by molar-refractivity contribution is 0.122. The maximum absolute atomic E-state index is 5.49. The van der Waals surface area contributed by atoms with Crippen LogP contribution in [0.4, 0.5) is 5.82 Å². The average Bonchev–Trinajstić information content (AvgIpc) is 2.68. The minimum atomic E-state index is 0.579. The van der Waals surface area contributed by atoms with Gasteiger partial charge in [0.2, 0.25) is 5.88 Å². The average molecular weight is 321 g/mol. The van der Waals surface area contributed by atoms with Crippen molar-refractivity contribution in [3.63, 3.8) is 0 Å². The quantitative estimate of drug-likeness (QED) is 0.742. The van der Waals surface area contributed by atoms with Crippen molar-refractivity contribution in [3.05, 3.63) is 48.5 Å². The third-order valence-corrected chi connectivity index (χ3v) is 4.24. The molecular formula is C19H19N3O2. The Morgan fingerprint density at radius 3 is 2.54 bits per heavy atom. The third-order valence-electron chi connectivity index (χ3n) is 4.24. The Morgan fingerprint density at radius 2 is 1.79 bits per heavy atom. The Hall–Kier alpha value is -2.66. The summed E-state index contributed by atoms with van der Waals surface area (Å²) in [5.41, 5.74) is 2.98. The van der Waals surface area contributed by atoms with Crippen molar-refractivity contribution in [2.45, 2.75) is 0 Å². The number of aromatic nitrogens is 2. The van der Waals surface area contributed by atoms with Crippen molar-refractivity contribution in [2.75, 3.05) is 38.3 Å². The number of morpholine rings is 1. The lowest BCUT2D eigenvalue weighted by Crippen LogP contribution is -2.37. The maximum atomic E-state index is 5.49. The van der Waals surface area contributed by atoms with E-state index in [4.69, 9.17) is 14.5 Å². The van der Waals surface area contributed by atoms with Crippen LogP contribution in [0.2, 0.25) is 0 Å². The summed E-state index contributed by atoms with van der Waals surface area (Å²) in [6, 6.07) is 16.4. The molecule has 24 heavy (non-hydrogen) atoms. The molecule has 1 aliphatic rings. The van der Waals surface area contributed by atoms with E-state index in [1.165, 1.54) is 0 Å². The lowest BCUT2D eigenvalue weighted by atomic mass is 10.0. The second-order valence-corrected chi connectivity index (χ2v) is 5.73. The minimum Gasteiger partial charge on any atom is -0.481 e. The van der Waals surface area contributed by atoms with Crippen LogP contribution in [0.5, 0.6) is 5.88 Å². The van der Waals surface area contributed by atoms with E-state index in [1.807, 2.05) is 18.2 Å². The number of hydrogen-bond donors (Lipinski definition) is 0. The van der Waals surface area contributed by atoms with Crippen LogP contribution < -0.4 is 9.64 Å². The van der Waals surface area contributed by atoms with Gasteiger partial charge in [-0.25, -0.2) is 4.98 Å². The first-order valence-electron chi connectivity index (χ1n) is 8.09. The van der Waals surface area contributed by atoms with Gasteiger partial charge in [0, 0.05) is 30.1 Å². The van der Waals surface area contributed by atoms with Gasteiger partial charge >= 0.3 is 0 Å². The van der Waals surface area contributed by atoms with E-state index in [1.54, 1.807) is 7.11 Å². The fraction of sp³-hybridized carbons (Fsp3) is 0.263. The van der Waals surface area contributed by atoms with E-state index in [0.717, 1.165) is 48.6 Å². The number of methoxy groups -OCH3 is 1. The van der Waals surface area contributed by atoms with Crippen LogP contribution in [-0.4, -0.2) is 43.4 Å². The zero-order chi connectivity index (χ0) is 16.4. The van der Waals surface area contributed by atoms with Crippen molar-refractivity contribution < 1.29 is 9.47 Å². The summed E-state index contributed by atoms with van der Waals surface area (Å²) in [5, 5.41) is 1.01. The van der Waals surface area contributed by atoms with Crippen molar-refractivity contribution in [1.82, 2.24) is 9.97 Å². The second-order valence-electron chi connectivity index (χ2n) is 5.73. The highest BCUT2D eigenvalue weighted by Gasteiger charge is 2.19. The smallest absolute Gasteiger partial charge is 0.215 e. The molecule has 5 nitrogen and oxygen atoms in total. The standard InChI is InChI=1S/C19H19N3O2/c1-23-17-8-7-15-13-16(14-5-3-2-4-6-14)19(21-18(15)20-17)22-9-11-24-12-10-22/h2-8,13H,9-12H2,1H3. The SMILES string of the molecule is COc1ccc2cc(-c3ccccc3)c(N3CCOCC3)nc2n1. The molecule has 0 N–H and O–H groups in total. The zero-order valence-corrected chi connectivity index (χ0v) is 13.6. The highest BCUT2D eigenvalue weighted by atomic mass is 16.5. The number of benzene rings is 1. The van der Waals surface area contributed by atoms with Crippen LogP contribution in [0.3, 0.4) is 0 Å². The van der Waals surface area contributed by atoms with Gasteiger partial charge in [-0.05, 0) is 17.7 Å². The molecule has 0 atom stereocenters. The monoisotopic (exact) mass is 321 g/mol. The molecule has 2 aromatic heterocycles. The molecule has 1 aliphatic heterocycles. The molecule has 5 heteroatoms. The molecule has 0 bridgehead atoms. The van der Waals surface area contributed by atoms with Gasteiger partial charge in [0.1, 0.15) is 5.82 Å². The number of anilines is 1. The molecule has 0 spiro atoms. The number of pyridine rings is 2. The molecule has 122 valence electrons. The summed E-state index contributed by atoms with van der Waals surface area (Å²) in [6.45, 7) is 3.11. The largest absolute Gasteiger partial charge is 0.481 e.